The number of carboxylic acids is 1. The monoisotopic (exact) mass is 246 g/mol. The van der Waals surface area contributed by atoms with Crippen LogP contribution >= 0.6 is 0 Å². The average Bonchev–Trinajstić information content (AvgIpc) is 2.77. The van der Waals surface area contributed by atoms with E-state index >= 15 is 0 Å². The number of nitrogens with zero attached hydrogens (tertiary/aromatic N) is 2. The van der Waals surface area contributed by atoms with Crippen molar-refractivity contribution < 1.29 is 14.3 Å². The van der Waals surface area contributed by atoms with E-state index in [-0.39, 0.29) is 12.3 Å². The molecule has 0 aliphatic heterocycles. The smallest absolute Gasteiger partial charge is 0.303 e. The largest absolute Gasteiger partial charge is 0.481 e. The van der Waals surface area contributed by atoms with E-state index in [4.69, 9.17) is 9.52 Å². The summed E-state index contributed by atoms with van der Waals surface area (Å²) in [5.41, 5.74) is 0.863. The Morgan fingerprint density at radius 1 is 1.33 bits per heavy atom. The minimum absolute atomic E-state index is 0.0217. The number of rotatable bonds is 5. The lowest BCUT2D eigenvalue weighted by Gasteiger charge is -2.03. The van der Waals surface area contributed by atoms with Gasteiger partial charge in [-0.1, -0.05) is 25.1 Å². The lowest BCUT2D eigenvalue weighted by atomic mass is 10.0. The molecule has 18 heavy (non-hydrogen) atoms. The number of hydrogen-bond acceptors (Lipinski definition) is 4. The van der Waals surface area contributed by atoms with Crippen LogP contribution in [0.2, 0.25) is 0 Å². The zero-order valence-corrected chi connectivity index (χ0v) is 10.0. The average molecular weight is 246 g/mol. The second kappa shape index (κ2) is 5.44. The van der Waals surface area contributed by atoms with Crippen molar-refractivity contribution in [1.82, 2.24) is 10.2 Å². The third kappa shape index (κ3) is 3.16. The van der Waals surface area contributed by atoms with Crippen LogP contribution in [0.4, 0.5) is 0 Å². The van der Waals surface area contributed by atoms with Gasteiger partial charge in [-0.3, -0.25) is 4.79 Å². The standard InChI is InChI=1S/C13H14N2O3/c1-9(8-12(16)17)7-11-14-15-13(18-11)10-5-3-2-4-6-10/h2-6,9H,7-8H2,1H3,(H,16,17). The second-order valence-electron chi connectivity index (χ2n) is 4.27. The van der Waals surface area contributed by atoms with Crippen LogP contribution < -0.4 is 0 Å². The van der Waals surface area contributed by atoms with Crippen molar-refractivity contribution in [3.8, 4) is 11.5 Å². The highest BCUT2D eigenvalue weighted by atomic mass is 16.4. The molecule has 1 aromatic carbocycles. The summed E-state index contributed by atoms with van der Waals surface area (Å²) < 4.78 is 5.51. The van der Waals surface area contributed by atoms with Crippen LogP contribution in [0.25, 0.3) is 11.5 Å². The fourth-order valence-corrected chi connectivity index (χ4v) is 1.70. The van der Waals surface area contributed by atoms with E-state index in [0.717, 1.165) is 5.56 Å². The Morgan fingerprint density at radius 2 is 2.06 bits per heavy atom. The van der Waals surface area contributed by atoms with E-state index in [1.807, 2.05) is 37.3 Å². The molecule has 1 atom stereocenters. The Morgan fingerprint density at radius 3 is 2.72 bits per heavy atom. The molecule has 0 aliphatic rings. The van der Waals surface area contributed by atoms with Gasteiger partial charge < -0.3 is 9.52 Å². The molecule has 5 nitrogen and oxygen atoms in total. The molecule has 1 N–H and O–H groups in total. The van der Waals surface area contributed by atoms with Crippen LogP contribution in [-0.4, -0.2) is 21.3 Å². The van der Waals surface area contributed by atoms with Crippen molar-refractivity contribution in [2.75, 3.05) is 0 Å². The van der Waals surface area contributed by atoms with Crippen molar-refractivity contribution in [3.05, 3.63) is 36.2 Å². The maximum Gasteiger partial charge on any atom is 0.303 e. The van der Waals surface area contributed by atoms with Gasteiger partial charge in [0.1, 0.15) is 0 Å². The number of hydrogen-bond donors (Lipinski definition) is 1. The molecule has 0 bridgehead atoms. The van der Waals surface area contributed by atoms with E-state index < -0.39 is 5.97 Å². The summed E-state index contributed by atoms with van der Waals surface area (Å²) in [5.74, 6) is 0.104. The van der Waals surface area contributed by atoms with E-state index in [0.29, 0.717) is 18.2 Å². The molecule has 1 heterocycles. The van der Waals surface area contributed by atoms with E-state index in [1.54, 1.807) is 0 Å². The number of aromatic nitrogens is 2. The van der Waals surface area contributed by atoms with E-state index in [1.165, 1.54) is 0 Å². The predicted molar refractivity (Wildman–Crippen MR) is 64.9 cm³/mol. The van der Waals surface area contributed by atoms with Gasteiger partial charge in [-0.05, 0) is 18.1 Å². The van der Waals surface area contributed by atoms with Crippen LogP contribution in [0.15, 0.2) is 34.7 Å². The number of benzene rings is 1. The molecular formula is C13H14N2O3. The summed E-state index contributed by atoms with van der Waals surface area (Å²) in [7, 11) is 0. The third-order valence-corrected chi connectivity index (χ3v) is 2.53. The van der Waals surface area contributed by atoms with Crippen molar-refractivity contribution in [2.45, 2.75) is 19.8 Å². The minimum atomic E-state index is -0.815. The van der Waals surface area contributed by atoms with Gasteiger partial charge in [-0.15, -0.1) is 10.2 Å². The maximum absolute atomic E-state index is 10.6. The predicted octanol–water partition coefficient (Wildman–Crippen LogP) is 2.39. The van der Waals surface area contributed by atoms with Crippen molar-refractivity contribution in [1.29, 1.82) is 0 Å². The SMILES string of the molecule is CC(CC(=O)O)Cc1nnc(-c2ccccc2)o1. The molecule has 0 aliphatic carbocycles. The molecule has 1 aromatic heterocycles. The van der Waals surface area contributed by atoms with Gasteiger partial charge in [-0.25, -0.2) is 0 Å². The topological polar surface area (TPSA) is 76.2 Å². The second-order valence-corrected chi connectivity index (χ2v) is 4.27. The fraction of sp³-hybridized carbons (Fsp3) is 0.308. The van der Waals surface area contributed by atoms with Crippen LogP contribution in [-0.2, 0) is 11.2 Å². The summed E-state index contributed by atoms with van der Waals surface area (Å²) >= 11 is 0. The molecule has 0 amide bonds. The number of carbonyl (C=O) groups is 1. The minimum Gasteiger partial charge on any atom is -0.481 e. The maximum atomic E-state index is 10.6. The normalized spacial score (nSPS) is 12.3. The van der Waals surface area contributed by atoms with Gasteiger partial charge in [0, 0.05) is 18.4 Å². The third-order valence-electron chi connectivity index (χ3n) is 2.53. The van der Waals surface area contributed by atoms with E-state index in [2.05, 4.69) is 10.2 Å². The summed E-state index contributed by atoms with van der Waals surface area (Å²) in [6, 6.07) is 9.48. The Kier molecular flexibility index (Phi) is 3.72. The Hall–Kier alpha value is -2.17. The first-order chi connectivity index (χ1) is 8.65. The van der Waals surface area contributed by atoms with Crippen molar-refractivity contribution >= 4 is 5.97 Å². The summed E-state index contributed by atoms with van der Waals surface area (Å²) in [6.07, 6.45) is 0.579. The first-order valence-corrected chi connectivity index (χ1v) is 5.74. The van der Waals surface area contributed by atoms with Crippen molar-refractivity contribution in [3.63, 3.8) is 0 Å². The molecule has 94 valence electrons. The molecule has 5 heteroatoms. The van der Waals surface area contributed by atoms with Crippen LogP contribution in [0.1, 0.15) is 19.2 Å². The highest BCUT2D eigenvalue weighted by molar-refractivity contribution is 5.66. The van der Waals surface area contributed by atoms with Gasteiger partial charge in [-0.2, -0.15) is 0 Å². The number of carboxylic acid groups (broad SMARTS) is 1. The van der Waals surface area contributed by atoms with Crippen LogP contribution in [0.3, 0.4) is 0 Å². The molecule has 2 aromatic rings. The van der Waals surface area contributed by atoms with Gasteiger partial charge in [0.05, 0.1) is 0 Å². The highest BCUT2D eigenvalue weighted by Gasteiger charge is 2.14. The Balaban J connectivity index is 2.05. The van der Waals surface area contributed by atoms with E-state index in [9.17, 15) is 4.79 Å². The highest BCUT2D eigenvalue weighted by Crippen LogP contribution is 2.19. The van der Waals surface area contributed by atoms with Crippen molar-refractivity contribution in [2.24, 2.45) is 5.92 Å². The number of aliphatic carboxylic acids is 1. The molecular weight excluding hydrogens is 232 g/mol. The summed E-state index contributed by atoms with van der Waals surface area (Å²) in [5, 5.41) is 16.6. The van der Waals surface area contributed by atoms with Gasteiger partial charge >= 0.3 is 5.97 Å². The molecule has 0 saturated carbocycles. The lowest BCUT2D eigenvalue weighted by Crippen LogP contribution is -2.07. The first kappa shape index (κ1) is 12.3. The first-order valence-electron chi connectivity index (χ1n) is 5.74. The van der Waals surface area contributed by atoms with Crippen LogP contribution in [0.5, 0.6) is 0 Å². The Labute approximate surface area is 104 Å². The summed E-state index contributed by atoms with van der Waals surface area (Å²) in [6.45, 7) is 1.85. The van der Waals surface area contributed by atoms with Gasteiger partial charge in [0.25, 0.3) is 0 Å². The molecule has 0 saturated heterocycles. The lowest BCUT2D eigenvalue weighted by molar-refractivity contribution is -0.137. The summed E-state index contributed by atoms with van der Waals surface area (Å²) in [4.78, 5) is 10.6. The molecule has 2 rings (SSSR count). The van der Waals surface area contributed by atoms with Gasteiger partial charge in [0.2, 0.25) is 11.8 Å². The quantitative estimate of drug-likeness (QED) is 0.876. The zero-order chi connectivity index (χ0) is 13.0. The fourth-order valence-electron chi connectivity index (χ4n) is 1.70. The molecule has 0 spiro atoms. The zero-order valence-electron chi connectivity index (χ0n) is 10.0. The Bertz CT molecular complexity index is 522. The van der Waals surface area contributed by atoms with Crippen LogP contribution in [0, 0.1) is 5.92 Å². The molecule has 0 fully saturated rings. The molecule has 1 unspecified atom stereocenters. The molecule has 0 radical (unpaired) electrons. The van der Waals surface area contributed by atoms with Gasteiger partial charge in [0.15, 0.2) is 0 Å².